The molecule has 14 atom stereocenters. The monoisotopic (exact) mass is 591 g/mol. The highest BCUT2D eigenvalue weighted by molar-refractivity contribution is 5.73. The van der Waals surface area contributed by atoms with E-state index in [4.69, 9.17) is 9.47 Å². The number of hydrogen-bond acceptors (Lipinski definition) is 6. The molecule has 242 valence electrons. The zero-order valence-electron chi connectivity index (χ0n) is 27.3. The predicted octanol–water partition coefficient (Wildman–Crippen LogP) is 5.44. The van der Waals surface area contributed by atoms with Crippen molar-refractivity contribution in [1.29, 1.82) is 0 Å². The van der Waals surface area contributed by atoms with Crippen LogP contribution in [0.3, 0.4) is 0 Å². The number of rotatable bonds is 9. The SMILES string of the molecule is CC(=O)N[C@H]1[C@H](O[C@H]2CC[C@@]3(C)C(CCC4C3CC[C@@]3(C)C4CC[C@@H]3[C@H](C)CCCC(C)C)C2)O[C@H](CO)[C@@H](O)[C@@H]1O. The van der Waals surface area contributed by atoms with E-state index in [0.717, 1.165) is 54.8 Å². The normalized spacial score (nSPS) is 47.8. The number of fused-ring (bicyclic) bond motifs is 5. The van der Waals surface area contributed by atoms with Gasteiger partial charge in [0.15, 0.2) is 6.29 Å². The number of carbonyl (C=O) groups is 1. The van der Waals surface area contributed by atoms with Crippen LogP contribution in [-0.4, -0.2) is 64.6 Å². The van der Waals surface area contributed by atoms with Gasteiger partial charge in [-0.05, 0) is 110 Å². The van der Waals surface area contributed by atoms with Crippen LogP contribution in [0.4, 0.5) is 0 Å². The fraction of sp³-hybridized carbons (Fsp3) is 0.971. The topological polar surface area (TPSA) is 108 Å². The van der Waals surface area contributed by atoms with Crippen molar-refractivity contribution in [3.8, 4) is 0 Å². The Bertz CT molecular complexity index is 929. The minimum Gasteiger partial charge on any atom is -0.394 e. The van der Waals surface area contributed by atoms with Crippen LogP contribution in [-0.2, 0) is 14.3 Å². The molecule has 4 saturated carbocycles. The highest BCUT2D eigenvalue weighted by Crippen LogP contribution is 2.68. The smallest absolute Gasteiger partial charge is 0.217 e. The lowest BCUT2D eigenvalue weighted by molar-refractivity contribution is -0.288. The summed E-state index contributed by atoms with van der Waals surface area (Å²) in [6.07, 6.45) is 10.9. The van der Waals surface area contributed by atoms with Gasteiger partial charge in [0.25, 0.3) is 0 Å². The Hall–Kier alpha value is -0.730. The second-order valence-electron chi connectivity index (χ2n) is 16.2. The van der Waals surface area contributed by atoms with Crippen LogP contribution < -0.4 is 5.32 Å². The molecule has 0 aromatic heterocycles. The number of hydrogen-bond donors (Lipinski definition) is 4. The van der Waals surface area contributed by atoms with Gasteiger partial charge < -0.3 is 30.1 Å². The summed E-state index contributed by atoms with van der Waals surface area (Å²) in [5.74, 6) is 5.32. The molecule has 1 aliphatic heterocycles. The molecule has 7 nitrogen and oxygen atoms in total. The first-order valence-corrected chi connectivity index (χ1v) is 17.4. The van der Waals surface area contributed by atoms with Gasteiger partial charge >= 0.3 is 0 Å². The van der Waals surface area contributed by atoms with Crippen molar-refractivity contribution in [2.75, 3.05) is 6.61 Å². The number of aliphatic hydroxyl groups excluding tert-OH is 3. The lowest BCUT2D eigenvalue weighted by atomic mass is 9.44. The molecule has 4 N–H and O–H groups in total. The zero-order chi connectivity index (χ0) is 30.4. The van der Waals surface area contributed by atoms with Gasteiger partial charge in [0.2, 0.25) is 5.91 Å². The molecule has 7 heteroatoms. The number of carbonyl (C=O) groups excluding carboxylic acids is 1. The molecule has 42 heavy (non-hydrogen) atoms. The van der Waals surface area contributed by atoms with Gasteiger partial charge in [-0.3, -0.25) is 4.79 Å². The van der Waals surface area contributed by atoms with Crippen molar-refractivity contribution >= 4 is 5.91 Å². The fourth-order valence-corrected chi connectivity index (χ4v) is 11.1. The lowest BCUT2D eigenvalue weighted by Gasteiger charge is -2.61. The zero-order valence-corrected chi connectivity index (χ0v) is 27.3. The van der Waals surface area contributed by atoms with Crippen LogP contribution in [0.5, 0.6) is 0 Å². The molecule has 1 saturated heterocycles. The summed E-state index contributed by atoms with van der Waals surface area (Å²) >= 11 is 0. The van der Waals surface area contributed by atoms with Gasteiger partial charge in [0.1, 0.15) is 24.4 Å². The Kier molecular flexibility index (Phi) is 10.1. The lowest BCUT2D eigenvalue weighted by Crippen LogP contribution is -2.65. The molecule has 0 aromatic rings. The maximum Gasteiger partial charge on any atom is 0.217 e. The van der Waals surface area contributed by atoms with E-state index < -0.39 is 37.3 Å². The van der Waals surface area contributed by atoms with Crippen LogP contribution in [0.15, 0.2) is 0 Å². The van der Waals surface area contributed by atoms with Crippen LogP contribution in [0, 0.1) is 52.3 Å². The van der Waals surface area contributed by atoms with Gasteiger partial charge in [0, 0.05) is 6.92 Å². The number of amides is 1. The van der Waals surface area contributed by atoms with Crippen LogP contribution in [0.1, 0.15) is 119 Å². The average Bonchev–Trinajstić information content (AvgIpc) is 3.29. The quantitative estimate of drug-likeness (QED) is 0.266. The van der Waals surface area contributed by atoms with Gasteiger partial charge in [-0.1, -0.05) is 53.9 Å². The third-order valence-corrected chi connectivity index (χ3v) is 13.4. The molecule has 1 amide bonds. The van der Waals surface area contributed by atoms with E-state index >= 15 is 0 Å². The number of ether oxygens (including phenoxy) is 2. The average molecular weight is 592 g/mol. The van der Waals surface area contributed by atoms with Crippen molar-refractivity contribution < 1.29 is 29.6 Å². The van der Waals surface area contributed by atoms with Crippen molar-refractivity contribution in [1.82, 2.24) is 5.32 Å². The predicted molar refractivity (Wildman–Crippen MR) is 163 cm³/mol. The summed E-state index contributed by atoms with van der Waals surface area (Å²) in [5.41, 5.74) is 0.840. The second-order valence-corrected chi connectivity index (χ2v) is 16.2. The first-order valence-electron chi connectivity index (χ1n) is 17.4. The molecule has 5 fully saturated rings. The molecular formula is C35H61NO6. The summed E-state index contributed by atoms with van der Waals surface area (Å²) in [4.78, 5) is 11.9. The van der Waals surface area contributed by atoms with E-state index in [0.29, 0.717) is 16.7 Å². The van der Waals surface area contributed by atoms with Crippen molar-refractivity contribution in [2.24, 2.45) is 52.3 Å². The fourth-order valence-electron chi connectivity index (χ4n) is 11.1. The van der Waals surface area contributed by atoms with Crippen molar-refractivity contribution in [2.45, 2.75) is 155 Å². The molecule has 4 unspecified atom stereocenters. The van der Waals surface area contributed by atoms with Gasteiger partial charge in [-0.25, -0.2) is 0 Å². The first kappa shape index (κ1) is 32.7. The largest absolute Gasteiger partial charge is 0.394 e. The van der Waals surface area contributed by atoms with E-state index in [1.807, 2.05) is 0 Å². The third kappa shape index (κ3) is 6.08. The van der Waals surface area contributed by atoms with Gasteiger partial charge in [-0.2, -0.15) is 0 Å². The van der Waals surface area contributed by atoms with Crippen molar-refractivity contribution in [3.05, 3.63) is 0 Å². The summed E-state index contributed by atoms with van der Waals surface area (Å²) in [6.45, 7) is 13.5. The van der Waals surface area contributed by atoms with Gasteiger partial charge in [-0.15, -0.1) is 0 Å². The standard InChI is InChI=1S/C35H61NO6/c1-20(2)8-7-9-21(3)26-12-13-27-25-11-10-23-18-24(14-16-34(23,5)28(25)15-17-35(26,27)6)41-33-30(36-22(4)38)32(40)31(39)29(19-37)42-33/h20-21,23-33,37,39-40H,7-19H2,1-6H3,(H,36,38)/t21-,23?,24+,25?,26-,27?,28?,29-,30-,31-,32-,33-,34+,35-/m1/s1. The highest BCUT2D eigenvalue weighted by Gasteiger charge is 2.61. The van der Waals surface area contributed by atoms with E-state index in [2.05, 4.69) is 39.9 Å². The minimum atomic E-state index is -1.29. The Balaban J connectivity index is 1.23. The molecule has 0 bridgehead atoms. The highest BCUT2D eigenvalue weighted by atomic mass is 16.7. The molecule has 4 aliphatic carbocycles. The van der Waals surface area contributed by atoms with Gasteiger partial charge in [0.05, 0.1) is 12.7 Å². The number of aliphatic hydroxyl groups is 3. The maximum absolute atomic E-state index is 11.9. The van der Waals surface area contributed by atoms with E-state index in [1.165, 1.54) is 64.7 Å². The van der Waals surface area contributed by atoms with Crippen LogP contribution >= 0.6 is 0 Å². The Morgan fingerprint density at radius 2 is 1.67 bits per heavy atom. The van der Waals surface area contributed by atoms with Crippen molar-refractivity contribution in [3.63, 3.8) is 0 Å². The van der Waals surface area contributed by atoms with Crippen LogP contribution in [0.25, 0.3) is 0 Å². The summed E-state index contributed by atoms with van der Waals surface area (Å²) in [6, 6.07) is -0.872. The molecule has 0 spiro atoms. The molecule has 5 aliphatic rings. The Morgan fingerprint density at radius 3 is 2.36 bits per heavy atom. The van der Waals surface area contributed by atoms with Crippen LogP contribution in [0.2, 0.25) is 0 Å². The Morgan fingerprint density at radius 1 is 0.952 bits per heavy atom. The third-order valence-electron chi connectivity index (χ3n) is 13.4. The molecule has 0 radical (unpaired) electrons. The molecular weight excluding hydrogens is 530 g/mol. The summed E-state index contributed by atoms with van der Waals surface area (Å²) < 4.78 is 12.4. The molecule has 5 rings (SSSR count). The minimum absolute atomic E-state index is 0.0286. The summed E-state index contributed by atoms with van der Waals surface area (Å²) in [7, 11) is 0. The molecule has 1 heterocycles. The maximum atomic E-state index is 11.9. The first-order chi connectivity index (χ1) is 19.9. The second kappa shape index (κ2) is 12.9. The Labute approximate surface area is 254 Å². The van der Waals surface area contributed by atoms with E-state index in [-0.39, 0.29) is 12.0 Å². The molecule has 0 aromatic carbocycles. The van der Waals surface area contributed by atoms with E-state index in [9.17, 15) is 20.1 Å². The van der Waals surface area contributed by atoms with E-state index in [1.54, 1.807) is 0 Å². The summed E-state index contributed by atoms with van der Waals surface area (Å²) in [5, 5.41) is 33.5. The number of nitrogens with one attached hydrogen (secondary N) is 1.